The zero-order chi connectivity index (χ0) is 15.7. The molecule has 0 spiro atoms. The van der Waals surface area contributed by atoms with Gasteiger partial charge in [0, 0.05) is 38.4 Å². The Kier molecular flexibility index (Phi) is 6.23. The summed E-state index contributed by atoms with van der Waals surface area (Å²) in [6, 6.07) is 4.01. The van der Waals surface area contributed by atoms with Crippen molar-refractivity contribution >= 4 is 5.90 Å². The fourth-order valence-electron chi connectivity index (χ4n) is 3.00. The Morgan fingerprint density at radius 1 is 1.26 bits per heavy atom. The maximum Gasteiger partial charge on any atom is 0.227 e. The van der Waals surface area contributed by atoms with Crippen LogP contribution in [-0.2, 0) is 16.1 Å². The number of pyridine rings is 1. The highest BCUT2D eigenvalue weighted by Crippen LogP contribution is 2.13. The average Bonchev–Trinajstić information content (AvgIpc) is 2.61. The molecule has 23 heavy (non-hydrogen) atoms. The smallest absolute Gasteiger partial charge is 0.227 e. The molecule has 0 saturated carbocycles. The van der Waals surface area contributed by atoms with Crippen LogP contribution in [0.4, 0.5) is 0 Å². The molecule has 1 saturated heterocycles. The molecule has 0 amide bonds. The minimum atomic E-state index is 0.110. The summed E-state index contributed by atoms with van der Waals surface area (Å²) in [6.45, 7) is 5.48. The second-order valence-corrected chi connectivity index (χ2v) is 6.17. The van der Waals surface area contributed by atoms with Gasteiger partial charge in [-0.3, -0.25) is 9.88 Å². The summed E-state index contributed by atoms with van der Waals surface area (Å²) in [6.07, 6.45) is 8.47. The molecule has 6 nitrogen and oxygen atoms in total. The molecule has 2 aliphatic rings. The van der Waals surface area contributed by atoms with Gasteiger partial charge in [-0.2, -0.15) is 0 Å². The molecule has 0 bridgehead atoms. The minimum Gasteiger partial charge on any atom is -0.470 e. The molecule has 1 aromatic rings. The lowest BCUT2D eigenvalue weighted by atomic mass is 10.1. The number of likely N-dealkylation sites (tertiary alicyclic amines) is 1. The van der Waals surface area contributed by atoms with Crippen LogP contribution in [0.3, 0.4) is 0 Å². The number of hydrogen-bond donors (Lipinski definition) is 1. The number of nitrogens with one attached hydrogen (secondary N) is 1. The van der Waals surface area contributed by atoms with Crippen LogP contribution >= 0.6 is 0 Å². The van der Waals surface area contributed by atoms with Crippen LogP contribution in [0.2, 0.25) is 0 Å². The number of oxime groups is 1. The van der Waals surface area contributed by atoms with E-state index in [0.717, 1.165) is 26.1 Å². The van der Waals surface area contributed by atoms with Crippen LogP contribution in [0.25, 0.3) is 0 Å². The lowest BCUT2D eigenvalue weighted by Crippen LogP contribution is -2.42. The number of ether oxygens (including phenoxy) is 1. The van der Waals surface area contributed by atoms with Gasteiger partial charge >= 0.3 is 0 Å². The molecule has 1 N–H and O–H groups in total. The van der Waals surface area contributed by atoms with Crippen molar-refractivity contribution in [2.45, 2.75) is 38.3 Å². The first-order valence-electron chi connectivity index (χ1n) is 8.57. The molecule has 0 radical (unpaired) electrons. The van der Waals surface area contributed by atoms with E-state index >= 15 is 0 Å². The van der Waals surface area contributed by atoms with Crippen molar-refractivity contribution in [2.75, 3.05) is 32.8 Å². The SMILES string of the molecule is c1cncc(CNCCC2=NOC[C@@H](CN3CCCCC3)O2)c1. The van der Waals surface area contributed by atoms with Crippen molar-refractivity contribution < 1.29 is 9.57 Å². The first-order chi connectivity index (χ1) is 11.4. The van der Waals surface area contributed by atoms with Crippen molar-refractivity contribution in [3.8, 4) is 0 Å². The van der Waals surface area contributed by atoms with Gasteiger partial charge in [0.15, 0.2) is 6.61 Å². The molecule has 1 atom stereocenters. The van der Waals surface area contributed by atoms with Gasteiger partial charge in [-0.05, 0) is 37.6 Å². The molecule has 3 heterocycles. The number of nitrogens with zero attached hydrogens (tertiary/aromatic N) is 3. The van der Waals surface area contributed by atoms with Gasteiger partial charge in [-0.1, -0.05) is 17.6 Å². The van der Waals surface area contributed by atoms with E-state index in [2.05, 4.69) is 26.4 Å². The predicted octanol–water partition coefficient (Wildman–Crippen LogP) is 1.78. The van der Waals surface area contributed by atoms with Crippen LogP contribution in [0.15, 0.2) is 29.7 Å². The first-order valence-corrected chi connectivity index (χ1v) is 8.57. The summed E-state index contributed by atoms with van der Waals surface area (Å²) >= 11 is 0. The average molecular weight is 318 g/mol. The predicted molar refractivity (Wildman–Crippen MR) is 89.1 cm³/mol. The third-order valence-electron chi connectivity index (χ3n) is 4.21. The standard InChI is InChI=1S/C17H26N4O2/c1-2-9-21(10-3-1)13-16-14-22-20-17(23-16)6-8-19-12-15-5-4-7-18-11-15/h4-5,7,11,16,19H,1-3,6,8-10,12-14H2/t16-/m1/s1. The van der Waals surface area contributed by atoms with Gasteiger partial charge in [0.2, 0.25) is 5.90 Å². The lowest BCUT2D eigenvalue weighted by molar-refractivity contribution is -0.0116. The zero-order valence-electron chi connectivity index (χ0n) is 13.6. The maximum absolute atomic E-state index is 5.97. The fourth-order valence-corrected chi connectivity index (χ4v) is 3.00. The lowest BCUT2D eigenvalue weighted by Gasteiger charge is -2.31. The molecule has 3 rings (SSSR count). The molecule has 6 heteroatoms. The Labute approximate surface area is 137 Å². The number of piperidine rings is 1. The van der Waals surface area contributed by atoms with E-state index in [1.165, 1.54) is 37.9 Å². The summed E-state index contributed by atoms with van der Waals surface area (Å²) in [5.41, 5.74) is 1.18. The van der Waals surface area contributed by atoms with Crippen molar-refractivity contribution in [1.82, 2.24) is 15.2 Å². The van der Waals surface area contributed by atoms with Gasteiger partial charge in [-0.25, -0.2) is 0 Å². The monoisotopic (exact) mass is 318 g/mol. The molecule has 126 valence electrons. The molecule has 1 aromatic heterocycles. The van der Waals surface area contributed by atoms with E-state index < -0.39 is 0 Å². The number of hydrogen-bond acceptors (Lipinski definition) is 6. The maximum atomic E-state index is 5.97. The minimum absolute atomic E-state index is 0.110. The van der Waals surface area contributed by atoms with E-state index in [1.807, 2.05) is 12.3 Å². The summed E-state index contributed by atoms with van der Waals surface area (Å²) < 4.78 is 5.97. The molecule has 0 aliphatic carbocycles. The Morgan fingerprint density at radius 2 is 2.17 bits per heavy atom. The van der Waals surface area contributed by atoms with E-state index in [9.17, 15) is 0 Å². The molecular weight excluding hydrogens is 292 g/mol. The highest BCUT2D eigenvalue weighted by atomic mass is 16.7. The molecule has 0 aromatic carbocycles. The van der Waals surface area contributed by atoms with Crippen molar-refractivity contribution in [2.24, 2.45) is 5.16 Å². The van der Waals surface area contributed by atoms with Crippen LogP contribution in [0.5, 0.6) is 0 Å². The summed E-state index contributed by atoms with van der Waals surface area (Å²) in [5.74, 6) is 0.706. The van der Waals surface area contributed by atoms with E-state index in [-0.39, 0.29) is 6.10 Å². The Morgan fingerprint density at radius 3 is 3.00 bits per heavy atom. The topological polar surface area (TPSA) is 59.0 Å². The Balaban J connectivity index is 1.34. The van der Waals surface area contributed by atoms with E-state index in [1.54, 1.807) is 6.20 Å². The second-order valence-electron chi connectivity index (χ2n) is 6.17. The van der Waals surface area contributed by atoms with Crippen LogP contribution < -0.4 is 5.32 Å². The molecule has 1 fully saturated rings. The summed E-state index contributed by atoms with van der Waals surface area (Å²) in [4.78, 5) is 11.9. The van der Waals surface area contributed by atoms with Crippen molar-refractivity contribution in [3.05, 3.63) is 30.1 Å². The van der Waals surface area contributed by atoms with Crippen LogP contribution in [0, 0.1) is 0 Å². The molecule has 2 aliphatic heterocycles. The first kappa shape index (κ1) is 16.2. The fraction of sp³-hybridized carbons (Fsp3) is 0.647. The number of aromatic nitrogens is 1. The molecular formula is C17H26N4O2. The van der Waals surface area contributed by atoms with Crippen molar-refractivity contribution in [3.63, 3.8) is 0 Å². The second kappa shape index (κ2) is 8.84. The van der Waals surface area contributed by atoms with Crippen LogP contribution in [-0.4, -0.2) is 54.7 Å². The Hall–Kier alpha value is -1.66. The zero-order valence-corrected chi connectivity index (χ0v) is 13.6. The van der Waals surface area contributed by atoms with Crippen LogP contribution in [0.1, 0.15) is 31.2 Å². The largest absolute Gasteiger partial charge is 0.470 e. The van der Waals surface area contributed by atoms with Gasteiger partial charge in [-0.15, -0.1) is 0 Å². The highest BCUT2D eigenvalue weighted by molar-refractivity contribution is 5.76. The summed E-state index contributed by atoms with van der Waals surface area (Å²) in [5, 5.41) is 7.42. The van der Waals surface area contributed by atoms with E-state index in [4.69, 9.17) is 9.57 Å². The van der Waals surface area contributed by atoms with Gasteiger partial charge in [0.25, 0.3) is 0 Å². The van der Waals surface area contributed by atoms with Gasteiger partial charge in [0.05, 0.1) is 0 Å². The third kappa shape index (κ3) is 5.48. The Bertz CT molecular complexity index is 489. The third-order valence-corrected chi connectivity index (χ3v) is 4.21. The van der Waals surface area contributed by atoms with Crippen molar-refractivity contribution in [1.29, 1.82) is 0 Å². The summed E-state index contributed by atoms with van der Waals surface area (Å²) in [7, 11) is 0. The molecule has 0 unspecified atom stereocenters. The van der Waals surface area contributed by atoms with Gasteiger partial charge in [0.1, 0.15) is 6.10 Å². The van der Waals surface area contributed by atoms with E-state index in [0.29, 0.717) is 12.5 Å². The number of rotatable bonds is 7. The highest BCUT2D eigenvalue weighted by Gasteiger charge is 2.22. The quantitative estimate of drug-likeness (QED) is 0.777. The normalized spacial score (nSPS) is 22.1. The van der Waals surface area contributed by atoms with Gasteiger partial charge < -0.3 is 14.9 Å².